The lowest BCUT2D eigenvalue weighted by Crippen LogP contribution is -2.40. The van der Waals surface area contributed by atoms with Gasteiger partial charge >= 0.3 is 0 Å². The molecule has 1 aliphatic heterocycles. The van der Waals surface area contributed by atoms with Crippen molar-refractivity contribution in [2.24, 2.45) is 0 Å². The van der Waals surface area contributed by atoms with Gasteiger partial charge in [0.25, 0.3) is 0 Å². The molecular formula is C25H30N2O. The molecule has 4 rings (SSSR count). The molecule has 1 atom stereocenters. The van der Waals surface area contributed by atoms with Crippen molar-refractivity contribution in [1.82, 2.24) is 9.80 Å². The van der Waals surface area contributed by atoms with Gasteiger partial charge in [-0.2, -0.15) is 0 Å². The SMILES string of the molecule is COC1=CC=CCC1N1CCCN(Cc2ccc(-c3ccccc3)cc2)CC1. The normalized spacial score (nSPS) is 21.2. The maximum Gasteiger partial charge on any atom is 0.113 e. The van der Waals surface area contributed by atoms with Crippen molar-refractivity contribution in [1.29, 1.82) is 0 Å². The number of methoxy groups -OCH3 is 1. The Labute approximate surface area is 168 Å². The highest BCUT2D eigenvalue weighted by atomic mass is 16.5. The van der Waals surface area contributed by atoms with Gasteiger partial charge in [-0.05, 0) is 42.2 Å². The Hall–Kier alpha value is -2.36. The maximum atomic E-state index is 5.62. The molecule has 0 spiro atoms. The van der Waals surface area contributed by atoms with Crippen LogP contribution in [-0.4, -0.2) is 49.1 Å². The highest BCUT2D eigenvalue weighted by Gasteiger charge is 2.25. The molecule has 3 heteroatoms. The molecule has 2 aliphatic rings. The Morgan fingerprint density at radius 3 is 2.46 bits per heavy atom. The summed E-state index contributed by atoms with van der Waals surface area (Å²) in [5, 5.41) is 0. The van der Waals surface area contributed by atoms with Gasteiger partial charge in [-0.3, -0.25) is 9.80 Å². The summed E-state index contributed by atoms with van der Waals surface area (Å²) in [6, 6.07) is 20.1. The predicted molar refractivity (Wildman–Crippen MR) is 116 cm³/mol. The summed E-state index contributed by atoms with van der Waals surface area (Å²) in [5.41, 5.74) is 3.96. The number of rotatable bonds is 5. The van der Waals surface area contributed by atoms with Crippen LogP contribution in [0.15, 0.2) is 78.6 Å². The van der Waals surface area contributed by atoms with Gasteiger partial charge in [-0.25, -0.2) is 0 Å². The van der Waals surface area contributed by atoms with Crippen LogP contribution >= 0.6 is 0 Å². The molecule has 0 bridgehead atoms. The highest BCUT2D eigenvalue weighted by Crippen LogP contribution is 2.23. The lowest BCUT2D eigenvalue weighted by Gasteiger charge is -2.32. The van der Waals surface area contributed by atoms with Crippen LogP contribution in [0.3, 0.4) is 0 Å². The molecule has 1 heterocycles. The molecular weight excluding hydrogens is 344 g/mol. The largest absolute Gasteiger partial charge is 0.499 e. The average molecular weight is 375 g/mol. The van der Waals surface area contributed by atoms with Gasteiger partial charge in [0.1, 0.15) is 5.76 Å². The highest BCUT2D eigenvalue weighted by molar-refractivity contribution is 5.63. The number of hydrogen-bond donors (Lipinski definition) is 0. The van der Waals surface area contributed by atoms with Crippen molar-refractivity contribution in [3.63, 3.8) is 0 Å². The van der Waals surface area contributed by atoms with Crippen molar-refractivity contribution in [3.05, 3.63) is 84.1 Å². The van der Waals surface area contributed by atoms with Crippen LogP contribution in [0.25, 0.3) is 11.1 Å². The minimum atomic E-state index is 0.403. The zero-order valence-corrected chi connectivity index (χ0v) is 16.8. The minimum absolute atomic E-state index is 0.403. The molecule has 28 heavy (non-hydrogen) atoms. The van der Waals surface area contributed by atoms with Crippen LogP contribution in [-0.2, 0) is 11.3 Å². The maximum absolute atomic E-state index is 5.62. The van der Waals surface area contributed by atoms with Crippen LogP contribution in [0.4, 0.5) is 0 Å². The first-order valence-electron chi connectivity index (χ1n) is 10.3. The first kappa shape index (κ1) is 19.0. The van der Waals surface area contributed by atoms with Gasteiger partial charge in [0.2, 0.25) is 0 Å². The molecule has 146 valence electrons. The molecule has 0 saturated carbocycles. The van der Waals surface area contributed by atoms with Gasteiger partial charge in [0, 0.05) is 26.2 Å². The first-order chi connectivity index (χ1) is 13.8. The third-order valence-electron chi connectivity index (χ3n) is 5.85. The number of allylic oxidation sites excluding steroid dienone is 2. The third kappa shape index (κ3) is 4.54. The Balaban J connectivity index is 1.35. The summed E-state index contributed by atoms with van der Waals surface area (Å²) in [4.78, 5) is 5.18. The van der Waals surface area contributed by atoms with Crippen molar-refractivity contribution in [2.45, 2.75) is 25.4 Å². The molecule has 1 aliphatic carbocycles. The van der Waals surface area contributed by atoms with Gasteiger partial charge in [0.05, 0.1) is 13.2 Å². The van der Waals surface area contributed by atoms with E-state index in [-0.39, 0.29) is 0 Å². The summed E-state index contributed by atoms with van der Waals surface area (Å²) in [5.74, 6) is 1.10. The molecule has 1 saturated heterocycles. The standard InChI is InChI=1S/C25H30N2O/c1-28-25-11-6-5-10-24(25)27-17-7-16-26(18-19-27)20-21-12-14-23(15-13-21)22-8-3-2-4-9-22/h2-6,8-9,11-15,24H,7,10,16-20H2,1H3. The number of benzene rings is 2. The van der Waals surface area contributed by atoms with E-state index in [0.717, 1.165) is 44.9 Å². The van der Waals surface area contributed by atoms with E-state index in [2.05, 4.69) is 82.6 Å². The summed E-state index contributed by atoms with van der Waals surface area (Å²) in [6.45, 7) is 5.54. The Morgan fingerprint density at radius 2 is 1.68 bits per heavy atom. The molecule has 0 aromatic heterocycles. The van der Waals surface area contributed by atoms with E-state index in [0.29, 0.717) is 6.04 Å². The van der Waals surface area contributed by atoms with Crippen molar-refractivity contribution >= 4 is 0 Å². The number of ether oxygens (including phenoxy) is 1. The Morgan fingerprint density at radius 1 is 0.893 bits per heavy atom. The summed E-state index contributed by atoms with van der Waals surface area (Å²) in [7, 11) is 1.79. The number of hydrogen-bond acceptors (Lipinski definition) is 3. The quantitative estimate of drug-likeness (QED) is 0.753. The first-order valence-corrected chi connectivity index (χ1v) is 10.3. The van der Waals surface area contributed by atoms with E-state index < -0.39 is 0 Å². The van der Waals surface area contributed by atoms with Crippen molar-refractivity contribution in [3.8, 4) is 11.1 Å². The molecule has 1 unspecified atom stereocenters. The Kier molecular flexibility index (Phi) is 6.25. The summed E-state index contributed by atoms with van der Waals surface area (Å²) < 4.78 is 5.62. The zero-order valence-electron chi connectivity index (χ0n) is 16.8. The van der Waals surface area contributed by atoms with Gasteiger partial charge < -0.3 is 4.74 Å². The van der Waals surface area contributed by atoms with Crippen LogP contribution in [0, 0.1) is 0 Å². The zero-order chi connectivity index (χ0) is 19.2. The van der Waals surface area contributed by atoms with E-state index in [9.17, 15) is 0 Å². The van der Waals surface area contributed by atoms with Crippen LogP contribution in [0.1, 0.15) is 18.4 Å². The van der Waals surface area contributed by atoms with Crippen molar-refractivity contribution < 1.29 is 4.74 Å². The van der Waals surface area contributed by atoms with Gasteiger partial charge in [-0.15, -0.1) is 0 Å². The third-order valence-corrected chi connectivity index (χ3v) is 5.85. The van der Waals surface area contributed by atoms with E-state index in [1.165, 1.54) is 23.1 Å². The predicted octanol–water partition coefficient (Wildman–Crippen LogP) is 4.72. The average Bonchev–Trinajstić information content (AvgIpc) is 3.00. The fraction of sp³-hybridized carbons (Fsp3) is 0.360. The number of nitrogens with zero attached hydrogens (tertiary/aromatic N) is 2. The van der Waals surface area contributed by atoms with Crippen LogP contribution in [0.2, 0.25) is 0 Å². The van der Waals surface area contributed by atoms with E-state index in [1.807, 2.05) is 0 Å². The second-order valence-corrected chi connectivity index (χ2v) is 7.68. The fourth-order valence-electron chi connectivity index (χ4n) is 4.28. The van der Waals surface area contributed by atoms with Gasteiger partial charge in [0.15, 0.2) is 0 Å². The van der Waals surface area contributed by atoms with E-state index in [1.54, 1.807) is 7.11 Å². The van der Waals surface area contributed by atoms with Crippen LogP contribution in [0.5, 0.6) is 0 Å². The second kappa shape index (κ2) is 9.22. The molecule has 2 aromatic rings. The summed E-state index contributed by atoms with van der Waals surface area (Å²) >= 11 is 0. The van der Waals surface area contributed by atoms with Gasteiger partial charge in [-0.1, -0.05) is 66.7 Å². The Bertz CT molecular complexity index is 810. The van der Waals surface area contributed by atoms with Crippen molar-refractivity contribution in [2.75, 3.05) is 33.3 Å². The molecule has 2 aromatic carbocycles. The second-order valence-electron chi connectivity index (χ2n) is 7.68. The van der Waals surface area contributed by atoms with Crippen LogP contribution < -0.4 is 0 Å². The molecule has 0 radical (unpaired) electrons. The topological polar surface area (TPSA) is 15.7 Å². The van der Waals surface area contributed by atoms with E-state index in [4.69, 9.17) is 4.74 Å². The molecule has 0 amide bonds. The lowest BCUT2D eigenvalue weighted by atomic mass is 10.0. The minimum Gasteiger partial charge on any atom is -0.499 e. The smallest absolute Gasteiger partial charge is 0.113 e. The molecule has 3 nitrogen and oxygen atoms in total. The molecule has 1 fully saturated rings. The fourth-order valence-corrected chi connectivity index (χ4v) is 4.28. The van der Waals surface area contributed by atoms with E-state index >= 15 is 0 Å². The molecule has 0 N–H and O–H groups in total. The monoisotopic (exact) mass is 374 g/mol. The lowest BCUT2D eigenvalue weighted by molar-refractivity contribution is 0.151. The summed E-state index contributed by atoms with van der Waals surface area (Å²) in [6.07, 6.45) is 8.74.